The van der Waals surface area contributed by atoms with Crippen LogP contribution in [0.25, 0.3) is 11.0 Å². The summed E-state index contributed by atoms with van der Waals surface area (Å²) in [5, 5.41) is 6.42. The van der Waals surface area contributed by atoms with Crippen molar-refractivity contribution in [3.63, 3.8) is 0 Å². The van der Waals surface area contributed by atoms with Gasteiger partial charge < -0.3 is 10.6 Å². The fourth-order valence-electron chi connectivity index (χ4n) is 4.08. The molecule has 0 aliphatic carbocycles. The van der Waals surface area contributed by atoms with Crippen molar-refractivity contribution in [3.05, 3.63) is 95.7 Å². The number of nitrogens with one attached hydrogen (secondary N) is 2. The number of aromatic nitrogens is 2. The molecule has 0 bridgehead atoms. The predicted molar refractivity (Wildman–Crippen MR) is 127 cm³/mol. The number of hydrogen-bond donors (Lipinski definition) is 2. The largest absolute Gasteiger partial charge is 0.329 e. The van der Waals surface area contributed by atoms with Gasteiger partial charge in [-0.25, -0.2) is 4.98 Å². The van der Waals surface area contributed by atoms with Gasteiger partial charge in [0.25, 0.3) is 5.91 Å². The molecule has 5 nitrogen and oxygen atoms in total. The van der Waals surface area contributed by atoms with Gasteiger partial charge in [-0.3, -0.25) is 9.36 Å². The van der Waals surface area contributed by atoms with E-state index in [9.17, 15) is 4.79 Å². The number of carbonyl (C=O) groups excluding carboxylic acids is 1. The van der Waals surface area contributed by atoms with Gasteiger partial charge in [-0.05, 0) is 55.1 Å². The first-order chi connectivity index (χ1) is 15.2. The molecule has 154 valence electrons. The second-order valence-electron chi connectivity index (χ2n) is 7.45. The van der Waals surface area contributed by atoms with E-state index in [4.69, 9.17) is 4.98 Å². The molecule has 0 spiro atoms. The molecule has 1 atom stereocenters. The molecule has 0 radical (unpaired) electrons. The Balaban J connectivity index is 1.66. The lowest BCUT2D eigenvalue weighted by atomic mass is 9.94. The van der Waals surface area contributed by atoms with Gasteiger partial charge in [-0.1, -0.05) is 42.5 Å². The maximum absolute atomic E-state index is 13.5. The van der Waals surface area contributed by atoms with E-state index in [1.807, 2.05) is 61.5 Å². The standard InChI is InChI=1S/C25H22N4OS/c1-16-22(24(30)27-18-8-4-3-5-9-18)23(17-12-14-19(31-2)15-13-17)29-21-11-7-6-10-20(21)28-25(29)26-16/h3-15,23H,1-2H3,(H,26,28)(H,27,30)/t23-/m1/s1. The number of amides is 1. The summed E-state index contributed by atoms with van der Waals surface area (Å²) in [6.07, 6.45) is 2.06. The number of benzene rings is 3. The van der Waals surface area contributed by atoms with Crippen LogP contribution in [-0.2, 0) is 4.79 Å². The molecule has 3 aromatic carbocycles. The average Bonchev–Trinajstić information content (AvgIpc) is 3.16. The van der Waals surface area contributed by atoms with Crippen LogP contribution in [0, 0.1) is 0 Å². The number of para-hydroxylation sites is 3. The molecule has 0 saturated heterocycles. The second kappa shape index (κ2) is 7.96. The quantitative estimate of drug-likeness (QED) is 0.412. The summed E-state index contributed by atoms with van der Waals surface area (Å²) in [6, 6.07) is 25.7. The van der Waals surface area contributed by atoms with E-state index in [-0.39, 0.29) is 11.9 Å². The molecule has 5 rings (SSSR count). The highest BCUT2D eigenvalue weighted by molar-refractivity contribution is 7.98. The van der Waals surface area contributed by atoms with Crippen LogP contribution in [0.15, 0.2) is 95.0 Å². The molecule has 1 aliphatic rings. The number of imidazole rings is 1. The molecule has 0 unspecified atom stereocenters. The van der Waals surface area contributed by atoms with Crippen LogP contribution in [0.4, 0.5) is 11.6 Å². The van der Waals surface area contributed by atoms with Gasteiger partial charge in [-0.15, -0.1) is 11.8 Å². The Hall–Kier alpha value is -3.51. The first-order valence-electron chi connectivity index (χ1n) is 10.1. The van der Waals surface area contributed by atoms with Crippen LogP contribution in [0.1, 0.15) is 18.5 Å². The fourth-order valence-corrected chi connectivity index (χ4v) is 4.49. The van der Waals surface area contributed by atoms with E-state index in [2.05, 4.69) is 45.7 Å². The van der Waals surface area contributed by atoms with Crippen molar-refractivity contribution in [2.24, 2.45) is 0 Å². The Labute approximate surface area is 185 Å². The molecular weight excluding hydrogens is 404 g/mol. The number of carbonyl (C=O) groups is 1. The Morgan fingerprint density at radius 2 is 1.71 bits per heavy atom. The van der Waals surface area contributed by atoms with Crippen LogP contribution in [-0.4, -0.2) is 21.7 Å². The lowest BCUT2D eigenvalue weighted by molar-refractivity contribution is -0.113. The minimum absolute atomic E-state index is 0.126. The highest BCUT2D eigenvalue weighted by atomic mass is 32.2. The molecule has 0 saturated carbocycles. The zero-order valence-corrected chi connectivity index (χ0v) is 18.1. The highest BCUT2D eigenvalue weighted by Gasteiger charge is 2.34. The van der Waals surface area contributed by atoms with Gasteiger partial charge in [0.2, 0.25) is 5.95 Å². The molecule has 2 N–H and O–H groups in total. The molecule has 0 fully saturated rings. The van der Waals surface area contributed by atoms with Gasteiger partial charge in [0.15, 0.2) is 0 Å². The lowest BCUT2D eigenvalue weighted by Gasteiger charge is -2.30. The maximum Gasteiger partial charge on any atom is 0.255 e. The van der Waals surface area contributed by atoms with Gasteiger partial charge in [0.1, 0.15) is 0 Å². The fraction of sp³-hybridized carbons (Fsp3) is 0.120. The Bertz CT molecular complexity index is 1290. The summed E-state index contributed by atoms with van der Waals surface area (Å²) in [4.78, 5) is 19.5. The summed E-state index contributed by atoms with van der Waals surface area (Å²) in [6.45, 7) is 1.94. The zero-order valence-electron chi connectivity index (χ0n) is 17.3. The predicted octanol–water partition coefficient (Wildman–Crippen LogP) is 5.69. The van der Waals surface area contributed by atoms with Crippen molar-refractivity contribution in [1.29, 1.82) is 0 Å². The first-order valence-corrected chi connectivity index (χ1v) is 11.3. The van der Waals surface area contributed by atoms with Crippen molar-refractivity contribution in [2.45, 2.75) is 17.9 Å². The topological polar surface area (TPSA) is 59.0 Å². The Kier molecular flexibility index (Phi) is 5.00. The van der Waals surface area contributed by atoms with Crippen molar-refractivity contribution in [2.75, 3.05) is 16.9 Å². The number of rotatable bonds is 4. The zero-order chi connectivity index (χ0) is 21.4. The smallest absolute Gasteiger partial charge is 0.255 e. The van der Waals surface area contributed by atoms with E-state index in [0.717, 1.165) is 33.9 Å². The van der Waals surface area contributed by atoms with E-state index in [1.54, 1.807) is 11.8 Å². The minimum Gasteiger partial charge on any atom is -0.329 e. The SMILES string of the molecule is CSc1ccc([C@@H]2C(C(=O)Nc3ccccc3)=C(C)Nc3nc4ccccc4n32)cc1. The van der Waals surface area contributed by atoms with Crippen molar-refractivity contribution >= 4 is 40.3 Å². The Morgan fingerprint density at radius 3 is 2.45 bits per heavy atom. The van der Waals surface area contributed by atoms with Crippen molar-refractivity contribution in [3.8, 4) is 0 Å². The van der Waals surface area contributed by atoms with Gasteiger partial charge >= 0.3 is 0 Å². The van der Waals surface area contributed by atoms with Gasteiger partial charge in [0.05, 0.1) is 22.6 Å². The molecule has 2 heterocycles. The summed E-state index contributed by atoms with van der Waals surface area (Å²) in [5.41, 5.74) is 5.17. The summed E-state index contributed by atoms with van der Waals surface area (Å²) >= 11 is 1.70. The van der Waals surface area contributed by atoms with Crippen LogP contribution >= 0.6 is 11.8 Å². The number of thioether (sulfide) groups is 1. The van der Waals surface area contributed by atoms with Crippen LogP contribution < -0.4 is 10.6 Å². The number of nitrogens with zero attached hydrogens (tertiary/aromatic N) is 2. The molecule has 1 aliphatic heterocycles. The number of anilines is 2. The monoisotopic (exact) mass is 426 g/mol. The van der Waals surface area contributed by atoms with E-state index >= 15 is 0 Å². The van der Waals surface area contributed by atoms with E-state index in [0.29, 0.717) is 5.57 Å². The minimum atomic E-state index is -0.289. The number of allylic oxidation sites excluding steroid dienone is 1. The molecule has 1 amide bonds. The van der Waals surface area contributed by atoms with E-state index < -0.39 is 0 Å². The first kappa shape index (κ1) is 19.5. The third-order valence-corrected chi connectivity index (χ3v) is 6.28. The molecule has 31 heavy (non-hydrogen) atoms. The third kappa shape index (κ3) is 3.49. The number of hydrogen-bond acceptors (Lipinski definition) is 4. The normalized spacial score (nSPS) is 15.5. The van der Waals surface area contributed by atoms with Crippen LogP contribution in [0.2, 0.25) is 0 Å². The lowest BCUT2D eigenvalue weighted by Crippen LogP contribution is -2.30. The summed E-state index contributed by atoms with van der Waals surface area (Å²) in [7, 11) is 0. The molecule has 6 heteroatoms. The molecule has 4 aromatic rings. The van der Waals surface area contributed by atoms with E-state index in [1.165, 1.54) is 4.90 Å². The van der Waals surface area contributed by atoms with Crippen molar-refractivity contribution in [1.82, 2.24) is 9.55 Å². The van der Waals surface area contributed by atoms with Gasteiger partial charge in [0, 0.05) is 16.3 Å². The van der Waals surface area contributed by atoms with Gasteiger partial charge in [-0.2, -0.15) is 0 Å². The molecular formula is C25H22N4OS. The summed E-state index contributed by atoms with van der Waals surface area (Å²) < 4.78 is 2.12. The Morgan fingerprint density at radius 1 is 1.00 bits per heavy atom. The molecule has 1 aromatic heterocycles. The van der Waals surface area contributed by atoms with Crippen LogP contribution in [0.3, 0.4) is 0 Å². The van der Waals surface area contributed by atoms with Crippen molar-refractivity contribution < 1.29 is 4.79 Å². The maximum atomic E-state index is 13.5. The van der Waals surface area contributed by atoms with Crippen LogP contribution in [0.5, 0.6) is 0 Å². The number of fused-ring (bicyclic) bond motifs is 3. The highest BCUT2D eigenvalue weighted by Crippen LogP contribution is 2.39. The average molecular weight is 427 g/mol. The summed E-state index contributed by atoms with van der Waals surface area (Å²) in [5.74, 6) is 0.618. The third-order valence-electron chi connectivity index (χ3n) is 5.54. The second-order valence-corrected chi connectivity index (χ2v) is 8.33.